The van der Waals surface area contributed by atoms with E-state index < -0.39 is 0 Å². The number of methoxy groups -OCH3 is 1. The van der Waals surface area contributed by atoms with E-state index in [1.165, 1.54) is 12.2 Å². The number of hydrogen-bond donors (Lipinski definition) is 0. The number of rotatable bonds is 1. The summed E-state index contributed by atoms with van der Waals surface area (Å²) in [5, 5.41) is 0. The minimum absolute atomic E-state index is 0.129. The number of carbonyl (C=O) groups excluding carboxylic acids is 2. The van der Waals surface area contributed by atoms with E-state index in [-0.39, 0.29) is 11.6 Å². The molecule has 3 nitrogen and oxygen atoms in total. The average Bonchev–Trinajstić information content (AvgIpc) is 2.23. The lowest BCUT2D eigenvalue weighted by molar-refractivity contribution is 0.0993. The molecule has 1 aromatic rings. The SMILES string of the molecule is COc1ccc2c(c1C)C(=O)C=CC2=O. The minimum atomic E-state index is -0.138. The van der Waals surface area contributed by atoms with Crippen LogP contribution in [0, 0.1) is 6.92 Å². The molecule has 1 aliphatic rings. The summed E-state index contributed by atoms with van der Waals surface area (Å²) in [5.41, 5.74) is 1.64. The van der Waals surface area contributed by atoms with Gasteiger partial charge in [0.25, 0.3) is 0 Å². The first kappa shape index (κ1) is 9.65. The van der Waals surface area contributed by atoms with Crippen LogP contribution in [0.2, 0.25) is 0 Å². The van der Waals surface area contributed by atoms with Gasteiger partial charge in [0.15, 0.2) is 11.6 Å². The average molecular weight is 202 g/mol. The highest BCUT2D eigenvalue weighted by Gasteiger charge is 2.22. The molecule has 0 saturated carbocycles. The van der Waals surface area contributed by atoms with Crippen LogP contribution in [0.3, 0.4) is 0 Å². The van der Waals surface area contributed by atoms with Gasteiger partial charge in [-0.05, 0) is 31.2 Å². The second-order valence-corrected chi connectivity index (χ2v) is 3.38. The molecule has 1 aromatic carbocycles. The van der Waals surface area contributed by atoms with Crippen LogP contribution in [0.4, 0.5) is 0 Å². The summed E-state index contributed by atoms with van der Waals surface area (Å²) in [6, 6.07) is 3.34. The molecule has 0 spiro atoms. The predicted octanol–water partition coefficient (Wildman–Crippen LogP) is 1.94. The number of ether oxygens (including phenoxy) is 1. The normalized spacial score (nSPS) is 14.0. The lowest BCUT2D eigenvalue weighted by atomic mass is 9.91. The Morgan fingerprint density at radius 3 is 2.40 bits per heavy atom. The predicted molar refractivity (Wildman–Crippen MR) is 55.5 cm³/mol. The fraction of sp³-hybridized carbons (Fsp3) is 0.167. The van der Waals surface area contributed by atoms with Crippen molar-refractivity contribution in [2.75, 3.05) is 7.11 Å². The number of benzene rings is 1. The Bertz CT molecular complexity index is 484. The molecule has 0 bridgehead atoms. The molecule has 15 heavy (non-hydrogen) atoms. The number of hydrogen-bond acceptors (Lipinski definition) is 3. The van der Waals surface area contributed by atoms with Crippen molar-refractivity contribution >= 4 is 11.6 Å². The molecule has 3 heteroatoms. The van der Waals surface area contributed by atoms with Gasteiger partial charge in [-0.3, -0.25) is 9.59 Å². The summed E-state index contributed by atoms with van der Waals surface area (Å²) in [4.78, 5) is 23.1. The summed E-state index contributed by atoms with van der Waals surface area (Å²) in [6.45, 7) is 1.78. The van der Waals surface area contributed by atoms with Crippen LogP contribution in [-0.2, 0) is 0 Å². The molecule has 0 radical (unpaired) electrons. The van der Waals surface area contributed by atoms with Gasteiger partial charge in [-0.15, -0.1) is 0 Å². The Balaban J connectivity index is 2.72. The van der Waals surface area contributed by atoms with Crippen LogP contribution in [0.25, 0.3) is 0 Å². The topological polar surface area (TPSA) is 43.4 Å². The van der Waals surface area contributed by atoms with Gasteiger partial charge in [-0.1, -0.05) is 0 Å². The minimum Gasteiger partial charge on any atom is -0.496 e. The van der Waals surface area contributed by atoms with E-state index in [4.69, 9.17) is 4.74 Å². The molecule has 0 aliphatic heterocycles. The largest absolute Gasteiger partial charge is 0.496 e. The highest BCUT2D eigenvalue weighted by atomic mass is 16.5. The number of carbonyl (C=O) groups is 2. The van der Waals surface area contributed by atoms with Gasteiger partial charge < -0.3 is 4.74 Å². The summed E-state index contributed by atoms with van der Waals surface area (Å²) >= 11 is 0. The van der Waals surface area contributed by atoms with Gasteiger partial charge in [0.2, 0.25) is 0 Å². The third kappa shape index (κ3) is 1.36. The lowest BCUT2D eigenvalue weighted by Gasteiger charge is -2.14. The molecule has 0 amide bonds. The van der Waals surface area contributed by atoms with Gasteiger partial charge >= 0.3 is 0 Å². The zero-order valence-corrected chi connectivity index (χ0v) is 8.53. The fourth-order valence-electron chi connectivity index (χ4n) is 1.76. The van der Waals surface area contributed by atoms with Crippen molar-refractivity contribution in [1.29, 1.82) is 0 Å². The first-order valence-electron chi connectivity index (χ1n) is 4.59. The van der Waals surface area contributed by atoms with Crippen LogP contribution < -0.4 is 4.74 Å². The zero-order valence-electron chi connectivity index (χ0n) is 8.53. The molecule has 76 valence electrons. The van der Waals surface area contributed by atoms with Crippen molar-refractivity contribution in [3.63, 3.8) is 0 Å². The van der Waals surface area contributed by atoms with Crippen molar-refractivity contribution in [3.8, 4) is 5.75 Å². The molecular weight excluding hydrogens is 192 g/mol. The molecule has 0 atom stereocenters. The third-order valence-corrected chi connectivity index (χ3v) is 2.53. The fourth-order valence-corrected chi connectivity index (χ4v) is 1.76. The number of allylic oxidation sites excluding steroid dienone is 2. The van der Waals surface area contributed by atoms with Crippen LogP contribution in [0.5, 0.6) is 5.75 Å². The van der Waals surface area contributed by atoms with Crippen LogP contribution in [-0.4, -0.2) is 18.7 Å². The van der Waals surface area contributed by atoms with Crippen molar-refractivity contribution < 1.29 is 14.3 Å². The van der Waals surface area contributed by atoms with E-state index in [0.717, 1.165) is 5.56 Å². The van der Waals surface area contributed by atoms with Gasteiger partial charge in [-0.2, -0.15) is 0 Å². The standard InChI is InChI=1S/C12H10O3/c1-7-11(15-2)6-3-8-9(13)4-5-10(14)12(7)8/h3-6H,1-2H3. The second-order valence-electron chi connectivity index (χ2n) is 3.38. The molecule has 2 rings (SSSR count). The third-order valence-electron chi connectivity index (χ3n) is 2.53. The van der Waals surface area contributed by atoms with Crippen molar-refractivity contribution in [1.82, 2.24) is 0 Å². The highest BCUT2D eigenvalue weighted by Crippen LogP contribution is 2.27. The summed E-state index contributed by atoms with van der Waals surface area (Å²) < 4.78 is 5.11. The van der Waals surface area contributed by atoms with Crippen LogP contribution >= 0.6 is 0 Å². The van der Waals surface area contributed by atoms with Gasteiger partial charge in [-0.25, -0.2) is 0 Å². The van der Waals surface area contributed by atoms with Gasteiger partial charge in [0.1, 0.15) is 5.75 Å². The summed E-state index contributed by atoms with van der Waals surface area (Å²) in [5.74, 6) is 0.363. The smallest absolute Gasteiger partial charge is 0.187 e. The summed E-state index contributed by atoms with van der Waals surface area (Å²) in [7, 11) is 1.54. The van der Waals surface area contributed by atoms with Crippen molar-refractivity contribution in [3.05, 3.63) is 41.0 Å². The molecule has 0 N–H and O–H groups in total. The van der Waals surface area contributed by atoms with E-state index in [9.17, 15) is 9.59 Å². The quantitative estimate of drug-likeness (QED) is 0.699. The molecule has 0 saturated heterocycles. The first-order chi connectivity index (χ1) is 7.15. The van der Waals surface area contributed by atoms with E-state index in [2.05, 4.69) is 0 Å². The Labute approximate surface area is 87.4 Å². The first-order valence-corrected chi connectivity index (χ1v) is 4.59. The molecular formula is C12H10O3. The van der Waals surface area contributed by atoms with Gasteiger partial charge in [0.05, 0.1) is 7.11 Å². The molecule has 0 unspecified atom stereocenters. The van der Waals surface area contributed by atoms with Gasteiger partial charge in [0, 0.05) is 16.7 Å². The molecule has 0 fully saturated rings. The van der Waals surface area contributed by atoms with Crippen LogP contribution in [0.1, 0.15) is 26.3 Å². The Morgan fingerprint density at radius 1 is 1.07 bits per heavy atom. The van der Waals surface area contributed by atoms with E-state index in [1.807, 2.05) is 0 Å². The number of fused-ring (bicyclic) bond motifs is 1. The molecule has 1 aliphatic carbocycles. The Hall–Kier alpha value is -1.90. The number of ketones is 2. The maximum absolute atomic E-state index is 11.6. The lowest BCUT2D eigenvalue weighted by Crippen LogP contribution is -2.13. The summed E-state index contributed by atoms with van der Waals surface area (Å²) in [6.07, 6.45) is 2.60. The second kappa shape index (κ2) is 3.35. The maximum atomic E-state index is 11.6. The van der Waals surface area contributed by atoms with Crippen molar-refractivity contribution in [2.24, 2.45) is 0 Å². The Morgan fingerprint density at radius 2 is 1.73 bits per heavy atom. The molecule has 0 heterocycles. The van der Waals surface area contributed by atoms with E-state index in [1.54, 1.807) is 26.2 Å². The maximum Gasteiger partial charge on any atom is 0.187 e. The van der Waals surface area contributed by atoms with Crippen molar-refractivity contribution in [2.45, 2.75) is 6.92 Å². The highest BCUT2D eigenvalue weighted by molar-refractivity contribution is 6.22. The van der Waals surface area contributed by atoms with E-state index >= 15 is 0 Å². The monoisotopic (exact) mass is 202 g/mol. The Kier molecular flexibility index (Phi) is 2.15. The zero-order chi connectivity index (χ0) is 11.0. The molecule has 0 aromatic heterocycles. The van der Waals surface area contributed by atoms with Crippen LogP contribution in [0.15, 0.2) is 24.3 Å². The van der Waals surface area contributed by atoms with E-state index in [0.29, 0.717) is 16.9 Å².